The minimum Gasteiger partial charge on any atom is -0.487 e. The summed E-state index contributed by atoms with van der Waals surface area (Å²) in [7, 11) is 1.44. The van der Waals surface area contributed by atoms with Crippen molar-refractivity contribution in [2.75, 3.05) is 38.3 Å². The monoisotopic (exact) mass is 404 g/mol. The van der Waals surface area contributed by atoms with E-state index in [1.807, 2.05) is 0 Å². The molecule has 29 heavy (non-hydrogen) atoms. The van der Waals surface area contributed by atoms with Crippen LogP contribution in [0.4, 0.5) is 10.1 Å². The first-order chi connectivity index (χ1) is 13.9. The average molecular weight is 404 g/mol. The van der Waals surface area contributed by atoms with Gasteiger partial charge in [0.2, 0.25) is 0 Å². The van der Waals surface area contributed by atoms with E-state index in [9.17, 15) is 14.7 Å². The van der Waals surface area contributed by atoms with Crippen LogP contribution in [0.2, 0.25) is 0 Å². The third-order valence-corrected chi connectivity index (χ3v) is 5.42. The van der Waals surface area contributed by atoms with Gasteiger partial charge in [-0.15, -0.1) is 0 Å². The van der Waals surface area contributed by atoms with E-state index in [1.165, 1.54) is 23.8 Å². The number of benzene rings is 1. The molecule has 2 atom stereocenters. The number of nitrogens with zero attached hydrogens (tertiary/aromatic N) is 3. The minimum absolute atomic E-state index is 0.101. The Kier molecular flexibility index (Phi) is 4.65. The maximum Gasteiger partial charge on any atom is 0.341 e. The number of aromatic nitrogens is 1. The molecule has 0 bridgehead atoms. The quantitative estimate of drug-likeness (QED) is 0.735. The highest BCUT2D eigenvalue weighted by atomic mass is 19.1. The predicted octanol–water partition coefficient (Wildman–Crippen LogP) is 1.19. The number of carbonyl (C=O) groups is 1. The second-order valence-corrected chi connectivity index (χ2v) is 7.25. The van der Waals surface area contributed by atoms with Crippen LogP contribution in [0.1, 0.15) is 23.3 Å². The maximum absolute atomic E-state index is 15.2. The molecule has 3 N–H and O–H groups in total. The van der Waals surface area contributed by atoms with Gasteiger partial charge >= 0.3 is 5.97 Å². The van der Waals surface area contributed by atoms with Crippen molar-refractivity contribution >= 4 is 28.3 Å². The summed E-state index contributed by atoms with van der Waals surface area (Å²) in [5, 5.41) is 13.7. The molecule has 1 saturated heterocycles. The number of carboxylic acids is 1. The van der Waals surface area contributed by atoms with Crippen molar-refractivity contribution in [1.29, 1.82) is 0 Å². The van der Waals surface area contributed by atoms with Crippen LogP contribution in [-0.2, 0) is 4.84 Å². The third-order valence-electron chi connectivity index (χ3n) is 5.42. The van der Waals surface area contributed by atoms with Gasteiger partial charge in [-0.2, -0.15) is 0 Å². The van der Waals surface area contributed by atoms with Gasteiger partial charge in [-0.3, -0.25) is 9.36 Å². The molecule has 4 rings (SSSR count). The Hall–Kier alpha value is -3.14. The molecule has 1 aromatic carbocycles. The van der Waals surface area contributed by atoms with Crippen molar-refractivity contribution in [2.45, 2.75) is 13.0 Å². The number of pyridine rings is 1. The molecule has 0 saturated carbocycles. The van der Waals surface area contributed by atoms with E-state index in [2.05, 4.69) is 5.16 Å². The fraction of sp³-hybridized carbons (Fsp3) is 0.421. The van der Waals surface area contributed by atoms with Crippen LogP contribution in [0.15, 0.2) is 22.1 Å². The molecule has 1 fully saturated rings. The smallest absolute Gasteiger partial charge is 0.341 e. The molecule has 3 heterocycles. The zero-order valence-corrected chi connectivity index (χ0v) is 16.0. The summed E-state index contributed by atoms with van der Waals surface area (Å²) < 4.78 is 22.4. The number of hydrogen-bond donors (Lipinski definition) is 2. The highest BCUT2D eigenvalue weighted by Gasteiger charge is 2.35. The molecule has 2 aliphatic rings. The Bertz CT molecular complexity index is 1100. The molecule has 154 valence electrons. The Labute approximate surface area is 165 Å². The van der Waals surface area contributed by atoms with Crippen molar-refractivity contribution < 1.29 is 23.9 Å². The topological polar surface area (TPSA) is 119 Å². The Balaban J connectivity index is 1.96. The number of aromatic carboxylic acids is 1. The largest absolute Gasteiger partial charge is 0.487 e. The van der Waals surface area contributed by atoms with E-state index in [0.29, 0.717) is 36.2 Å². The molecule has 2 aliphatic heterocycles. The fourth-order valence-electron chi connectivity index (χ4n) is 4.08. The summed E-state index contributed by atoms with van der Waals surface area (Å²) in [5.74, 6) is -1.80. The van der Waals surface area contributed by atoms with E-state index in [0.717, 1.165) is 0 Å². The van der Waals surface area contributed by atoms with Crippen molar-refractivity contribution in [3.8, 4) is 5.75 Å². The van der Waals surface area contributed by atoms with E-state index < -0.39 is 29.0 Å². The Morgan fingerprint density at radius 1 is 1.48 bits per heavy atom. The van der Waals surface area contributed by atoms with Gasteiger partial charge in [-0.25, -0.2) is 9.18 Å². The van der Waals surface area contributed by atoms with Crippen LogP contribution in [-0.4, -0.2) is 54.7 Å². The number of ether oxygens (including phenoxy) is 1. The highest BCUT2D eigenvalue weighted by Crippen LogP contribution is 2.43. The zero-order chi connectivity index (χ0) is 20.9. The lowest BCUT2D eigenvalue weighted by Crippen LogP contribution is -2.35. The van der Waals surface area contributed by atoms with Gasteiger partial charge in [0.05, 0.1) is 23.8 Å². The first kappa shape index (κ1) is 19.2. The lowest BCUT2D eigenvalue weighted by Gasteiger charge is -2.30. The zero-order valence-electron chi connectivity index (χ0n) is 16.0. The maximum atomic E-state index is 15.2. The number of anilines is 1. The number of rotatable bonds is 4. The molecule has 0 amide bonds. The van der Waals surface area contributed by atoms with Crippen LogP contribution in [0.25, 0.3) is 10.9 Å². The fourth-order valence-corrected chi connectivity index (χ4v) is 4.08. The standard InChI is InChI=1S/C19H21FN4O5/c1-9-8-29-17-15-10(3-12(19(26)27)18(25)24(9)15)4-13(20)16(17)23-6-11(5-21)14(7-23)22-28-2/h3-4,9,11H,5-8,21H2,1-2H3,(H,26,27)/b22-14+/t9-,11?/m0/s1. The molecule has 9 nitrogen and oxygen atoms in total. The summed E-state index contributed by atoms with van der Waals surface area (Å²) in [6, 6.07) is 2.04. The van der Waals surface area contributed by atoms with Gasteiger partial charge in [0.15, 0.2) is 11.6 Å². The van der Waals surface area contributed by atoms with Gasteiger partial charge in [0.1, 0.15) is 25.0 Å². The summed E-state index contributed by atoms with van der Waals surface area (Å²) in [4.78, 5) is 30.9. The third kappa shape index (κ3) is 2.91. The summed E-state index contributed by atoms with van der Waals surface area (Å²) in [6.07, 6.45) is 0. The number of halogens is 1. The predicted molar refractivity (Wildman–Crippen MR) is 105 cm³/mol. The molecule has 0 aliphatic carbocycles. The Morgan fingerprint density at radius 2 is 2.24 bits per heavy atom. The van der Waals surface area contributed by atoms with Crippen molar-refractivity contribution in [1.82, 2.24) is 4.57 Å². The molecular formula is C19H21FN4O5. The second kappa shape index (κ2) is 7.03. The molecule has 1 unspecified atom stereocenters. The highest BCUT2D eigenvalue weighted by molar-refractivity contribution is 5.99. The van der Waals surface area contributed by atoms with Crippen molar-refractivity contribution in [3.63, 3.8) is 0 Å². The SMILES string of the molecule is CO/N=C1\CN(c2c(F)cc3cc(C(=O)O)c(=O)n4c3c2OC[C@@H]4C)CC1CN. The van der Waals surface area contributed by atoms with Crippen LogP contribution in [0.3, 0.4) is 0 Å². The van der Waals surface area contributed by atoms with Crippen LogP contribution in [0.5, 0.6) is 5.75 Å². The first-order valence-corrected chi connectivity index (χ1v) is 9.20. The number of hydrogen-bond acceptors (Lipinski definition) is 7. The number of nitrogens with two attached hydrogens (primary N) is 1. The van der Waals surface area contributed by atoms with Gasteiger partial charge < -0.3 is 25.3 Å². The van der Waals surface area contributed by atoms with E-state index in [1.54, 1.807) is 11.8 Å². The second-order valence-electron chi connectivity index (χ2n) is 7.25. The normalized spacial score (nSPS) is 22.2. The van der Waals surface area contributed by atoms with Crippen molar-refractivity contribution in [3.05, 3.63) is 33.9 Å². The molecule has 0 spiro atoms. The average Bonchev–Trinajstić information content (AvgIpc) is 3.07. The lowest BCUT2D eigenvalue weighted by molar-refractivity contribution is 0.0694. The summed E-state index contributed by atoms with van der Waals surface area (Å²) in [5.41, 5.74) is 6.08. The molecular weight excluding hydrogens is 383 g/mol. The van der Waals surface area contributed by atoms with E-state index in [-0.39, 0.29) is 24.0 Å². The number of oxime groups is 1. The van der Waals surface area contributed by atoms with Crippen LogP contribution < -0.4 is 20.9 Å². The molecule has 10 heteroatoms. The Morgan fingerprint density at radius 3 is 2.90 bits per heavy atom. The van der Waals surface area contributed by atoms with E-state index in [4.69, 9.17) is 15.3 Å². The molecule has 1 aromatic heterocycles. The van der Waals surface area contributed by atoms with Crippen molar-refractivity contribution in [2.24, 2.45) is 16.8 Å². The molecule has 0 radical (unpaired) electrons. The van der Waals surface area contributed by atoms with Gasteiger partial charge in [-0.05, 0) is 19.1 Å². The first-order valence-electron chi connectivity index (χ1n) is 9.20. The van der Waals surface area contributed by atoms with Crippen LogP contribution in [0, 0.1) is 11.7 Å². The summed E-state index contributed by atoms with van der Waals surface area (Å²) in [6.45, 7) is 2.93. The van der Waals surface area contributed by atoms with Gasteiger partial charge in [0, 0.05) is 24.4 Å². The molecule has 2 aromatic rings. The minimum atomic E-state index is -1.35. The van der Waals surface area contributed by atoms with E-state index >= 15 is 4.39 Å². The van der Waals surface area contributed by atoms with Gasteiger partial charge in [0.25, 0.3) is 5.56 Å². The number of carboxylic acid groups (broad SMARTS) is 1. The lowest BCUT2D eigenvalue weighted by atomic mass is 10.1. The van der Waals surface area contributed by atoms with Gasteiger partial charge in [-0.1, -0.05) is 5.16 Å². The van der Waals surface area contributed by atoms with Crippen LogP contribution >= 0.6 is 0 Å². The summed E-state index contributed by atoms with van der Waals surface area (Å²) >= 11 is 0.